The molecule has 1 heterocycles. The maximum atomic E-state index is 13.7. The van der Waals surface area contributed by atoms with Crippen LogP contribution in [0.25, 0.3) is 0 Å². The van der Waals surface area contributed by atoms with Crippen LogP contribution in [0.5, 0.6) is 0 Å². The molecule has 0 aliphatic carbocycles. The fraction of sp³-hybridized carbons (Fsp3) is 0.556. The van der Waals surface area contributed by atoms with E-state index in [4.69, 9.17) is 11.1 Å². The summed E-state index contributed by atoms with van der Waals surface area (Å²) in [7, 11) is 0. The van der Waals surface area contributed by atoms with Crippen molar-refractivity contribution >= 4 is 35.5 Å². The van der Waals surface area contributed by atoms with Crippen molar-refractivity contribution in [3.8, 4) is 0 Å². The molecule has 5 atom stereocenters. The Balaban J connectivity index is 2.56. The molecule has 220 valence electrons. The van der Waals surface area contributed by atoms with Crippen LogP contribution in [0.3, 0.4) is 0 Å². The van der Waals surface area contributed by atoms with Crippen LogP contribution in [0.15, 0.2) is 30.3 Å². The average molecular weight is 559 g/mol. The van der Waals surface area contributed by atoms with Crippen LogP contribution in [-0.4, -0.2) is 65.7 Å². The Hall–Kier alpha value is -4.16. The molecule has 1 fully saturated rings. The average Bonchev–Trinajstić information content (AvgIpc) is 2.91. The van der Waals surface area contributed by atoms with Crippen LogP contribution < -0.4 is 37.6 Å². The Morgan fingerprint density at radius 1 is 1.05 bits per heavy atom. The highest BCUT2D eigenvalue weighted by Gasteiger charge is 2.40. The van der Waals surface area contributed by atoms with Crippen LogP contribution in [0, 0.1) is 11.3 Å². The number of carbonyl (C=O) groups is 5. The third-order valence-corrected chi connectivity index (χ3v) is 6.82. The second-order valence-corrected chi connectivity index (χ2v) is 10.4. The predicted octanol–water partition coefficient (Wildman–Crippen LogP) is -0.464. The monoisotopic (exact) mass is 558 g/mol. The van der Waals surface area contributed by atoms with Crippen molar-refractivity contribution in [3.05, 3.63) is 35.9 Å². The van der Waals surface area contributed by atoms with Gasteiger partial charge in [0.2, 0.25) is 29.5 Å². The molecule has 0 saturated carbocycles. The summed E-state index contributed by atoms with van der Waals surface area (Å²) in [4.78, 5) is 66.4. The zero-order valence-corrected chi connectivity index (χ0v) is 23.7. The van der Waals surface area contributed by atoms with E-state index in [0.29, 0.717) is 12.0 Å². The lowest BCUT2D eigenvalue weighted by molar-refractivity contribution is -0.138. The zero-order chi connectivity index (χ0) is 30.0. The Morgan fingerprint density at radius 3 is 2.25 bits per heavy atom. The first-order valence-electron chi connectivity index (χ1n) is 13.5. The summed E-state index contributed by atoms with van der Waals surface area (Å²) in [5.41, 5.74) is 4.56. The van der Waals surface area contributed by atoms with Crippen molar-refractivity contribution in [2.75, 3.05) is 6.54 Å². The van der Waals surface area contributed by atoms with Crippen LogP contribution >= 0.6 is 0 Å². The smallest absolute Gasteiger partial charge is 0.247 e. The van der Waals surface area contributed by atoms with Crippen LogP contribution in [0.1, 0.15) is 65.5 Å². The molecule has 0 bridgehead atoms. The van der Waals surface area contributed by atoms with Crippen LogP contribution in [-0.2, 0) is 24.0 Å². The van der Waals surface area contributed by atoms with E-state index in [1.807, 2.05) is 0 Å². The fourth-order valence-corrected chi connectivity index (χ4v) is 4.26. The van der Waals surface area contributed by atoms with E-state index in [0.717, 1.165) is 0 Å². The highest BCUT2D eigenvalue weighted by molar-refractivity contribution is 5.98. The lowest BCUT2D eigenvalue weighted by atomic mass is 9.93. The van der Waals surface area contributed by atoms with Gasteiger partial charge in [-0.1, -0.05) is 58.0 Å². The Kier molecular flexibility index (Phi) is 11.5. The standard InChI is InChI=1S/C27H42N8O5/c1-6-17(32-26(28)29)20-24(39)31-18(7-2)22(37)33-19(16-11-9-8-10-12-16)23(38)30-14-13-27(5,25(40)34-20)35-21(36)15(3)4/h8-12,15,17-20H,6-7,13-14H2,1-5H3,(H,30,38)(H,31,39)(H,33,37)(H,34,40)(H,35,36)(H4,28,29,32)/t17?,18-,19+,20-,27+/m0/s1. The van der Waals surface area contributed by atoms with Gasteiger partial charge < -0.3 is 37.6 Å². The molecule has 2 rings (SSSR count). The quantitative estimate of drug-likeness (QED) is 0.163. The van der Waals surface area contributed by atoms with E-state index in [1.54, 1.807) is 58.0 Å². The summed E-state index contributed by atoms with van der Waals surface area (Å²) in [5, 5.41) is 24.0. The van der Waals surface area contributed by atoms with E-state index in [-0.39, 0.29) is 25.3 Å². The Labute approximate surface area is 234 Å². The van der Waals surface area contributed by atoms with E-state index in [9.17, 15) is 24.0 Å². The molecule has 13 nitrogen and oxygen atoms in total. The second kappa shape index (κ2) is 14.3. The molecule has 1 aromatic rings. The van der Waals surface area contributed by atoms with E-state index in [1.165, 1.54) is 6.92 Å². The normalized spacial score (nSPS) is 25.4. The number of nitrogens with two attached hydrogens (primary N) is 1. The molecule has 5 amide bonds. The van der Waals surface area contributed by atoms with Crippen molar-refractivity contribution in [1.29, 1.82) is 5.41 Å². The Bertz CT molecular complexity index is 1100. The number of carbonyl (C=O) groups excluding carboxylic acids is 5. The van der Waals surface area contributed by atoms with Gasteiger partial charge in [-0.3, -0.25) is 29.4 Å². The highest BCUT2D eigenvalue weighted by Crippen LogP contribution is 2.17. The molecule has 13 heteroatoms. The van der Waals surface area contributed by atoms with Gasteiger partial charge in [0.15, 0.2) is 5.96 Å². The van der Waals surface area contributed by atoms with Crippen molar-refractivity contribution in [3.63, 3.8) is 0 Å². The summed E-state index contributed by atoms with van der Waals surface area (Å²) < 4.78 is 0. The van der Waals surface area contributed by atoms with Gasteiger partial charge in [0, 0.05) is 12.5 Å². The molecule has 0 aromatic heterocycles. The highest BCUT2D eigenvalue weighted by atomic mass is 16.2. The minimum atomic E-state index is -1.51. The van der Waals surface area contributed by atoms with E-state index < -0.39 is 65.2 Å². The van der Waals surface area contributed by atoms with Gasteiger partial charge in [-0.25, -0.2) is 0 Å². The molecular formula is C27H42N8O5. The van der Waals surface area contributed by atoms with Gasteiger partial charge in [-0.2, -0.15) is 0 Å². The summed E-state index contributed by atoms with van der Waals surface area (Å²) in [6.45, 7) is 8.30. The first-order chi connectivity index (χ1) is 18.8. The van der Waals surface area contributed by atoms with Crippen molar-refractivity contribution in [2.45, 2.75) is 83.6 Å². The van der Waals surface area contributed by atoms with Crippen LogP contribution in [0.4, 0.5) is 0 Å². The summed E-state index contributed by atoms with van der Waals surface area (Å²) in [6.07, 6.45) is 0.476. The molecule has 1 aliphatic rings. The van der Waals surface area contributed by atoms with Gasteiger partial charge in [0.05, 0.1) is 6.04 Å². The summed E-state index contributed by atoms with van der Waals surface area (Å²) in [5.74, 6) is -3.67. The molecule has 40 heavy (non-hydrogen) atoms. The van der Waals surface area contributed by atoms with Gasteiger partial charge in [0.1, 0.15) is 23.7 Å². The Morgan fingerprint density at radius 2 is 1.70 bits per heavy atom. The zero-order valence-electron chi connectivity index (χ0n) is 23.7. The summed E-state index contributed by atoms with van der Waals surface area (Å²) in [6, 6.07) is 4.51. The molecule has 1 aliphatic heterocycles. The predicted molar refractivity (Wildman–Crippen MR) is 150 cm³/mol. The third-order valence-electron chi connectivity index (χ3n) is 6.82. The second-order valence-electron chi connectivity index (χ2n) is 10.4. The van der Waals surface area contributed by atoms with Gasteiger partial charge in [-0.05, 0) is 31.7 Å². The van der Waals surface area contributed by atoms with Crippen molar-refractivity contribution < 1.29 is 24.0 Å². The number of amides is 5. The maximum absolute atomic E-state index is 13.7. The van der Waals surface area contributed by atoms with Gasteiger partial charge >= 0.3 is 0 Å². The fourth-order valence-electron chi connectivity index (χ4n) is 4.26. The number of hydrogen-bond acceptors (Lipinski definition) is 6. The number of hydrogen-bond donors (Lipinski definition) is 8. The van der Waals surface area contributed by atoms with Crippen LogP contribution in [0.2, 0.25) is 0 Å². The molecule has 1 aromatic carbocycles. The minimum Gasteiger partial charge on any atom is -0.370 e. The van der Waals surface area contributed by atoms with Gasteiger partial charge in [0.25, 0.3) is 0 Å². The van der Waals surface area contributed by atoms with Gasteiger partial charge in [-0.15, -0.1) is 0 Å². The van der Waals surface area contributed by atoms with Crippen molar-refractivity contribution in [2.24, 2.45) is 11.7 Å². The lowest BCUT2D eigenvalue weighted by Crippen LogP contribution is -2.67. The first kappa shape index (κ1) is 32.1. The lowest BCUT2D eigenvalue weighted by Gasteiger charge is -2.35. The number of rotatable bonds is 7. The molecule has 1 saturated heterocycles. The molecule has 9 N–H and O–H groups in total. The number of nitrogens with one attached hydrogen (secondary N) is 7. The number of guanidine groups is 1. The minimum absolute atomic E-state index is 0.0126. The van der Waals surface area contributed by atoms with Crippen molar-refractivity contribution in [1.82, 2.24) is 31.9 Å². The molecule has 0 radical (unpaired) electrons. The molecule has 1 unspecified atom stereocenters. The topological polar surface area (TPSA) is 207 Å². The maximum Gasteiger partial charge on any atom is 0.247 e. The summed E-state index contributed by atoms with van der Waals surface area (Å²) >= 11 is 0. The molecule has 0 spiro atoms. The SMILES string of the molecule is CCC(NC(=N)N)[C@@H]1NC(=O)[C@](C)(NC(=O)C(C)C)CCNC(=O)[C@@H](c2ccccc2)NC(=O)[C@H](CC)NC1=O. The molecular weight excluding hydrogens is 516 g/mol. The van der Waals surface area contributed by atoms with E-state index in [2.05, 4.69) is 31.9 Å². The largest absolute Gasteiger partial charge is 0.370 e. The third kappa shape index (κ3) is 8.42. The number of benzene rings is 1. The van der Waals surface area contributed by atoms with E-state index >= 15 is 0 Å². The first-order valence-corrected chi connectivity index (χ1v) is 13.5.